The first-order valence-electron chi connectivity index (χ1n) is 10.7. The number of nitrogens with zero attached hydrogens (tertiary/aromatic N) is 3. The first kappa shape index (κ1) is 21.4. The van der Waals surface area contributed by atoms with Gasteiger partial charge in [-0.3, -0.25) is 19.5 Å². The molecule has 2 N–H and O–H groups in total. The number of aliphatic hydroxyl groups is 1. The fraction of sp³-hybridized carbons (Fsp3) is 0.154. The Balaban J connectivity index is 1.77. The van der Waals surface area contributed by atoms with Crippen LogP contribution in [0.1, 0.15) is 28.3 Å². The fourth-order valence-electron chi connectivity index (χ4n) is 4.51. The van der Waals surface area contributed by atoms with Gasteiger partial charge in [0, 0.05) is 12.4 Å². The molecule has 8 nitrogen and oxygen atoms in total. The summed E-state index contributed by atoms with van der Waals surface area (Å²) in [4.78, 5) is 39.7. The van der Waals surface area contributed by atoms with Crippen LogP contribution in [-0.2, 0) is 9.59 Å². The lowest BCUT2D eigenvalue weighted by molar-refractivity contribution is -0.132. The van der Waals surface area contributed by atoms with Gasteiger partial charge in [-0.2, -0.15) is 0 Å². The number of carbonyl (C=O) groups is 2. The molecule has 0 saturated carbocycles. The van der Waals surface area contributed by atoms with E-state index in [9.17, 15) is 14.7 Å². The molecule has 1 saturated heterocycles. The predicted molar refractivity (Wildman–Crippen MR) is 128 cm³/mol. The Kier molecular flexibility index (Phi) is 5.13. The number of H-pyrrole nitrogens is 1. The number of imidazole rings is 1. The Morgan fingerprint density at radius 2 is 1.82 bits per heavy atom. The molecule has 5 rings (SSSR count). The zero-order chi connectivity index (χ0) is 24.0. The van der Waals surface area contributed by atoms with Crippen LogP contribution >= 0.6 is 0 Å². The van der Waals surface area contributed by atoms with Crippen LogP contribution in [0.25, 0.3) is 16.8 Å². The van der Waals surface area contributed by atoms with E-state index in [1.165, 1.54) is 12.0 Å². The normalized spacial score (nSPS) is 17.5. The number of ether oxygens (including phenoxy) is 1. The minimum atomic E-state index is -0.908. The number of benzene rings is 2. The summed E-state index contributed by atoms with van der Waals surface area (Å²) in [5.74, 6) is -1.24. The van der Waals surface area contributed by atoms with Crippen LogP contribution in [0.3, 0.4) is 0 Å². The number of amides is 1. The highest BCUT2D eigenvalue weighted by Gasteiger charge is 2.48. The zero-order valence-electron chi connectivity index (χ0n) is 18.9. The SMILES string of the molecule is COc1c(C)cc(C)cc1/C(O)=C1\C(=O)C(=O)N(c2nc3ccccc3[nH]2)C1c1ccncc1. The van der Waals surface area contributed by atoms with Crippen LogP contribution in [0.5, 0.6) is 5.75 Å². The Morgan fingerprint density at radius 3 is 2.53 bits per heavy atom. The summed E-state index contributed by atoms with van der Waals surface area (Å²) < 4.78 is 5.53. The second-order valence-corrected chi connectivity index (χ2v) is 8.19. The topological polar surface area (TPSA) is 108 Å². The maximum Gasteiger partial charge on any atom is 0.302 e. The molecule has 4 aromatic rings. The summed E-state index contributed by atoms with van der Waals surface area (Å²) >= 11 is 0. The summed E-state index contributed by atoms with van der Waals surface area (Å²) in [6.45, 7) is 3.74. The van der Waals surface area contributed by atoms with Gasteiger partial charge in [0.15, 0.2) is 0 Å². The van der Waals surface area contributed by atoms with Crippen molar-refractivity contribution in [2.75, 3.05) is 12.0 Å². The zero-order valence-corrected chi connectivity index (χ0v) is 18.9. The van der Waals surface area contributed by atoms with Gasteiger partial charge >= 0.3 is 5.91 Å². The maximum absolute atomic E-state index is 13.4. The van der Waals surface area contributed by atoms with Gasteiger partial charge in [0.25, 0.3) is 5.78 Å². The smallest absolute Gasteiger partial charge is 0.302 e. The molecule has 1 amide bonds. The van der Waals surface area contributed by atoms with Gasteiger partial charge in [0.2, 0.25) is 5.95 Å². The number of anilines is 1. The monoisotopic (exact) mass is 454 g/mol. The van der Waals surface area contributed by atoms with Crippen LogP contribution < -0.4 is 9.64 Å². The third-order valence-corrected chi connectivity index (χ3v) is 5.95. The molecule has 170 valence electrons. The van der Waals surface area contributed by atoms with Crippen LogP contribution in [-0.4, -0.2) is 38.9 Å². The van der Waals surface area contributed by atoms with Crippen molar-refractivity contribution in [2.45, 2.75) is 19.9 Å². The predicted octanol–water partition coefficient (Wildman–Crippen LogP) is 4.21. The molecule has 8 heteroatoms. The van der Waals surface area contributed by atoms with Crippen LogP contribution in [0.15, 0.2) is 66.5 Å². The highest BCUT2D eigenvalue weighted by Crippen LogP contribution is 2.43. The number of pyridine rings is 1. The Bertz CT molecular complexity index is 1440. The molecule has 2 aromatic heterocycles. The van der Waals surface area contributed by atoms with Crippen molar-refractivity contribution < 1.29 is 19.4 Å². The fourth-order valence-corrected chi connectivity index (χ4v) is 4.51. The average molecular weight is 454 g/mol. The summed E-state index contributed by atoms with van der Waals surface area (Å²) in [6, 6.07) is 13.5. The molecular formula is C26H22N4O4. The lowest BCUT2D eigenvalue weighted by Gasteiger charge is -2.23. The summed E-state index contributed by atoms with van der Waals surface area (Å²) in [5, 5.41) is 11.5. The van der Waals surface area contributed by atoms with Crippen molar-refractivity contribution in [2.24, 2.45) is 0 Å². The van der Waals surface area contributed by atoms with Crippen LogP contribution in [0, 0.1) is 13.8 Å². The lowest BCUT2D eigenvalue weighted by Crippen LogP contribution is -2.30. The van der Waals surface area contributed by atoms with E-state index in [1.54, 1.807) is 30.6 Å². The Hall–Kier alpha value is -4.46. The third-order valence-electron chi connectivity index (χ3n) is 5.95. The van der Waals surface area contributed by atoms with Gasteiger partial charge in [-0.1, -0.05) is 18.2 Å². The van der Waals surface area contributed by atoms with Crippen molar-refractivity contribution in [3.05, 3.63) is 88.8 Å². The number of hydrogen-bond donors (Lipinski definition) is 2. The number of aromatic amines is 1. The molecule has 0 spiro atoms. The standard InChI is InChI=1S/C26H22N4O4/c1-14-12-15(2)24(34-3)17(13-14)22(31)20-21(16-8-10-27-11-9-16)30(25(33)23(20)32)26-28-18-6-4-5-7-19(18)29-26/h4-13,21,31H,1-3H3,(H,28,29)/b22-20+. The number of nitrogens with one attached hydrogen (secondary N) is 1. The lowest BCUT2D eigenvalue weighted by atomic mass is 9.94. The first-order valence-corrected chi connectivity index (χ1v) is 10.7. The molecule has 0 aliphatic carbocycles. The molecule has 1 aliphatic heterocycles. The minimum absolute atomic E-state index is 0.0417. The number of fused-ring (bicyclic) bond motifs is 1. The molecule has 1 aliphatic rings. The average Bonchev–Trinajstić information content (AvgIpc) is 3.37. The van der Waals surface area contributed by atoms with Crippen LogP contribution in [0.4, 0.5) is 5.95 Å². The molecule has 1 atom stereocenters. The maximum atomic E-state index is 13.4. The van der Waals surface area contributed by atoms with E-state index >= 15 is 0 Å². The highest BCUT2D eigenvalue weighted by molar-refractivity contribution is 6.51. The van der Waals surface area contributed by atoms with E-state index < -0.39 is 17.7 Å². The number of methoxy groups -OCH3 is 1. The Morgan fingerprint density at radius 1 is 1.09 bits per heavy atom. The van der Waals surface area contributed by atoms with Gasteiger partial charge in [-0.15, -0.1) is 0 Å². The number of aliphatic hydroxyl groups excluding tert-OH is 1. The van der Waals surface area contributed by atoms with Gasteiger partial charge in [0.1, 0.15) is 11.5 Å². The highest BCUT2D eigenvalue weighted by atomic mass is 16.5. The Labute approximate surface area is 195 Å². The van der Waals surface area contributed by atoms with Crippen molar-refractivity contribution >= 4 is 34.4 Å². The number of aryl methyl sites for hydroxylation is 2. The number of ketones is 1. The largest absolute Gasteiger partial charge is 0.507 e. The van der Waals surface area contributed by atoms with Gasteiger partial charge in [0.05, 0.1) is 35.3 Å². The van der Waals surface area contributed by atoms with Crippen LogP contribution in [0.2, 0.25) is 0 Å². The van der Waals surface area contributed by atoms with E-state index in [1.807, 2.05) is 44.2 Å². The quantitative estimate of drug-likeness (QED) is 0.272. The van der Waals surface area contributed by atoms with Crippen molar-refractivity contribution in [1.82, 2.24) is 15.0 Å². The van der Waals surface area contributed by atoms with Gasteiger partial charge < -0.3 is 14.8 Å². The van der Waals surface area contributed by atoms with Gasteiger partial charge in [-0.25, -0.2) is 4.98 Å². The minimum Gasteiger partial charge on any atom is -0.507 e. The van der Waals surface area contributed by atoms with E-state index in [4.69, 9.17) is 4.74 Å². The molecule has 2 aromatic carbocycles. The van der Waals surface area contributed by atoms with E-state index in [0.717, 1.165) is 16.6 Å². The molecule has 34 heavy (non-hydrogen) atoms. The number of carbonyl (C=O) groups excluding carboxylic acids is 2. The molecule has 1 unspecified atom stereocenters. The second-order valence-electron chi connectivity index (χ2n) is 8.19. The number of para-hydroxylation sites is 2. The second kappa shape index (κ2) is 8.15. The molecule has 3 heterocycles. The summed E-state index contributed by atoms with van der Waals surface area (Å²) in [6.07, 6.45) is 3.15. The van der Waals surface area contributed by atoms with Crippen molar-refractivity contribution in [1.29, 1.82) is 0 Å². The van der Waals surface area contributed by atoms with Crippen molar-refractivity contribution in [3.8, 4) is 5.75 Å². The first-order chi connectivity index (χ1) is 16.4. The molecule has 1 fully saturated rings. The van der Waals surface area contributed by atoms with E-state index in [2.05, 4.69) is 15.0 Å². The van der Waals surface area contributed by atoms with Gasteiger partial charge in [-0.05, 0) is 60.9 Å². The summed E-state index contributed by atoms with van der Waals surface area (Å²) in [7, 11) is 1.50. The summed E-state index contributed by atoms with van der Waals surface area (Å²) in [5.41, 5.74) is 3.98. The molecular weight excluding hydrogens is 432 g/mol. The molecule has 0 radical (unpaired) electrons. The van der Waals surface area contributed by atoms with E-state index in [-0.39, 0.29) is 17.3 Å². The number of hydrogen-bond acceptors (Lipinski definition) is 6. The third kappa shape index (κ3) is 3.31. The number of rotatable bonds is 4. The van der Waals surface area contributed by atoms with E-state index in [0.29, 0.717) is 22.4 Å². The van der Waals surface area contributed by atoms with Crippen molar-refractivity contribution in [3.63, 3.8) is 0 Å². The number of Topliss-reactive ketones (excluding diaryl/α,β-unsaturated/α-hetero) is 1. The number of aromatic nitrogens is 3. The molecule has 0 bridgehead atoms.